The van der Waals surface area contributed by atoms with Gasteiger partial charge < -0.3 is 10.2 Å². The van der Waals surface area contributed by atoms with Crippen molar-refractivity contribution in [2.24, 2.45) is 0 Å². The average Bonchev–Trinajstić information content (AvgIpc) is 2.82. The summed E-state index contributed by atoms with van der Waals surface area (Å²) in [5, 5.41) is 3.85. The Morgan fingerprint density at radius 2 is 2.10 bits per heavy atom. The molecule has 1 aromatic heterocycles. The van der Waals surface area contributed by atoms with E-state index in [2.05, 4.69) is 10.3 Å². The number of amides is 2. The maximum atomic E-state index is 12.7. The molecule has 2 fully saturated rings. The molecule has 2 amide bonds. The SMILES string of the molecule is Cc1cnc(CN2CC(=O)NC3(CCCCC3)C2=O)s1. The predicted molar refractivity (Wildman–Crippen MR) is 76.2 cm³/mol. The minimum atomic E-state index is -0.639. The zero-order valence-electron chi connectivity index (χ0n) is 11.6. The molecule has 0 radical (unpaired) electrons. The zero-order chi connectivity index (χ0) is 14.2. The number of carbonyl (C=O) groups excluding carboxylic acids is 2. The lowest BCUT2D eigenvalue weighted by molar-refractivity contribution is -0.152. The van der Waals surface area contributed by atoms with E-state index in [9.17, 15) is 9.59 Å². The first-order chi connectivity index (χ1) is 9.59. The van der Waals surface area contributed by atoms with Gasteiger partial charge in [-0.3, -0.25) is 9.59 Å². The van der Waals surface area contributed by atoms with Gasteiger partial charge in [0.15, 0.2) is 0 Å². The largest absolute Gasteiger partial charge is 0.340 e. The Morgan fingerprint density at radius 1 is 1.35 bits per heavy atom. The fourth-order valence-corrected chi connectivity index (χ4v) is 3.97. The molecule has 6 heteroatoms. The van der Waals surface area contributed by atoms with Crippen LogP contribution in [0.1, 0.15) is 42.0 Å². The van der Waals surface area contributed by atoms with E-state index in [0.29, 0.717) is 6.54 Å². The molecule has 1 N–H and O–H groups in total. The van der Waals surface area contributed by atoms with Crippen LogP contribution in [-0.4, -0.2) is 33.8 Å². The van der Waals surface area contributed by atoms with Gasteiger partial charge in [-0.1, -0.05) is 19.3 Å². The number of hydrogen-bond acceptors (Lipinski definition) is 4. The number of aromatic nitrogens is 1. The first-order valence-electron chi connectivity index (χ1n) is 7.11. The molecule has 1 aromatic rings. The van der Waals surface area contributed by atoms with Crippen LogP contribution in [-0.2, 0) is 16.1 Å². The summed E-state index contributed by atoms with van der Waals surface area (Å²) in [5.41, 5.74) is -0.639. The van der Waals surface area contributed by atoms with Gasteiger partial charge in [0.05, 0.1) is 6.54 Å². The average molecular weight is 293 g/mol. The highest BCUT2D eigenvalue weighted by atomic mass is 32.1. The lowest BCUT2D eigenvalue weighted by Gasteiger charge is -2.43. The molecule has 0 aromatic carbocycles. The number of nitrogens with one attached hydrogen (secondary N) is 1. The van der Waals surface area contributed by atoms with Crippen LogP contribution in [0, 0.1) is 6.92 Å². The topological polar surface area (TPSA) is 62.3 Å². The lowest BCUT2D eigenvalue weighted by Crippen LogP contribution is -2.66. The summed E-state index contributed by atoms with van der Waals surface area (Å²) in [6.45, 7) is 2.60. The molecule has 20 heavy (non-hydrogen) atoms. The van der Waals surface area contributed by atoms with E-state index in [1.807, 2.05) is 13.1 Å². The third-order valence-electron chi connectivity index (χ3n) is 4.11. The van der Waals surface area contributed by atoms with Gasteiger partial charge in [0, 0.05) is 11.1 Å². The molecular weight excluding hydrogens is 274 g/mol. The van der Waals surface area contributed by atoms with Crippen molar-refractivity contribution in [3.05, 3.63) is 16.1 Å². The maximum Gasteiger partial charge on any atom is 0.249 e. The monoisotopic (exact) mass is 293 g/mol. The third kappa shape index (κ3) is 2.44. The first-order valence-corrected chi connectivity index (χ1v) is 7.92. The number of aryl methyl sites for hydroxylation is 1. The summed E-state index contributed by atoms with van der Waals surface area (Å²) < 4.78 is 0. The summed E-state index contributed by atoms with van der Waals surface area (Å²) in [5.74, 6) is 0.0319. The first kappa shape index (κ1) is 13.5. The second-order valence-corrected chi connectivity index (χ2v) is 7.04. The van der Waals surface area contributed by atoms with Crippen molar-refractivity contribution >= 4 is 23.2 Å². The predicted octanol–water partition coefficient (Wildman–Crippen LogP) is 1.61. The highest BCUT2D eigenvalue weighted by molar-refractivity contribution is 7.11. The van der Waals surface area contributed by atoms with Crippen LogP contribution >= 0.6 is 11.3 Å². The summed E-state index contributed by atoms with van der Waals surface area (Å²) in [7, 11) is 0. The van der Waals surface area contributed by atoms with Crippen LogP contribution < -0.4 is 5.32 Å². The standard InChI is InChI=1S/C14H19N3O2S/c1-10-7-15-12(20-10)9-17-8-11(18)16-14(13(17)19)5-3-2-4-6-14/h7H,2-6,8-9H2,1H3,(H,16,18). The van der Waals surface area contributed by atoms with Gasteiger partial charge in [0.25, 0.3) is 0 Å². The maximum absolute atomic E-state index is 12.7. The van der Waals surface area contributed by atoms with Crippen LogP contribution in [0.3, 0.4) is 0 Å². The fraction of sp³-hybridized carbons (Fsp3) is 0.643. The number of hydrogen-bond donors (Lipinski definition) is 1. The number of carbonyl (C=O) groups is 2. The molecule has 0 unspecified atom stereocenters. The van der Waals surface area contributed by atoms with Crippen molar-refractivity contribution in [2.75, 3.05) is 6.54 Å². The number of piperazine rings is 1. The van der Waals surface area contributed by atoms with E-state index in [4.69, 9.17) is 0 Å². The van der Waals surface area contributed by atoms with E-state index in [1.54, 1.807) is 16.2 Å². The molecule has 1 aliphatic heterocycles. The molecule has 3 rings (SSSR count). The van der Waals surface area contributed by atoms with Crippen molar-refractivity contribution in [3.8, 4) is 0 Å². The zero-order valence-corrected chi connectivity index (χ0v) is 12.5. The molecule has 5 nitrogen and oxygen atoms in total. The molecule has 1 aliphatic carbocycles. The van der Waals surface area contributed by atoms with Gasteiger partial charge in [-0.05, 0) is 19.8 Å². The Bertz CT molecular complexity index is 534. The minimum absolute atomic E-state index is 0.0419. The van der Waals surface area contributed by atoms with E-state index < -0.39 is 5.54 Å². The third-order valence-corrected chi connectivity index (χ3v) is 5.01. The number of rotatable bonds is 2. The van der Waals surface area contributed by atoms with Crippen molar-refractivity contribution in [2.45, 2.75) is 51.1 Å². The molecule has 2 aliphatic rings. The Labute approximate surface area is 122 Å². The molecule has 1 saturated heterocycles. The Morgan fingerprint density at radius 3 is 2.75 bits per heavy atom. The summed E-state index contributed by atoms with van der Waals surface area (Å²) in [4.78, 5) is 31.8. The minimum Gasteiger partial charge on any atom is -0.340 e. The second-order valence-electron chi connectivity index (χ2n) is 5.72. The van der Waals surface area contributed by atoms with E-state index >= 15 is 0 Å². The van der Waals surface area contributed by atoms with Gasteiger partial charge >= 0.3 is 0 Å². The second kappa shape index (κ2) is 5.16. The van der Waals surface area contributed by atoms with Gasteiger partial charge in [-0.15, -0.1) is 11.3 Å². The molecule has 1 spiro atoms. The Hall–Kier alpha value is -1.43. The molecule has 2 heterocycles. The van der Waals surface area contributed by atoms with E-state index in [1.165, 1.54) is 0 Å². The fourth-order valence-electron chi connectivity index (χ4n) is 3.17. The quantitative estimate of drug-likeness (QED) is 0.901. The summed E-state index contributed by atoms with van der Waals surface area (Å²) in [6, 6.07) is 0. The van der Waals surface area contributed by atoms with Crippen LogP contribution in [0.5, 0.6) is 0 Å². The number of thiazole rings is 1. The van der Waals surface area contributed by atoms with Gasteiger partial charge in [0.1, 0.15) is 17.1 Å². The van der Waals surface area contributed by atoms with Gasteiger partial charge in [0.2, 0.25) is 11.8 Å². The van der Waals surface area contributed by atoms with E-state index in [0.717, 1.165) is 42.0 Å². The molecule has 1 saturated carbocycles. The summed E-state index contributed by atoms with van der Waals surface area (Å²) in [6.07, 6.45) is 6.52. The van der Waals surface area contributed by atoms with E-state index in [-0.39, 0.29) is 18.4 Å². The smallest absolute Gasteiger partial charge is 0.249 e. The van der Waals surface area contributed by atoms with Crippen molar-refractivity contribution in [1.82, 2.24) is 15.2 Å². The highest BCUT2D eigenvalue weighted by Crippen LogP contribution is 2.32. The molecule has 0 bridgehead atoms. The van der Waals surface area contributed by atoms with Crippen LogP contribution in [0.25, 0.3) is 0 Å². The van der Waals surface area contributed by atoms with Crippen molar-refractivity contribution < 1.29 is 9.59 Å². The molecular formula is C14H19N3O2S. The van der Waals surface area contributed by atoms with Crippen molar-refractivity contribution in [1.29, 1.82) is 0 Å². The normalized spacial score (nSPS) is 22.1. The van der Waals surface area contributed by atoms with Crippen LogP contribution in [0.15, 0.2) is 6.20 Å². The number of nitrogens with zero attached hydrogens (tertiary/aromatic N) is 2. The van der Waals surface area contributed by atoms with Crippen LogP contribution in [0.4, 0.5) is 0 Å². The Kier molecular flexibility index (Phi) is 3.50. The summed E-state index contributed by atoms with van der Waals surface area (Å²) >= 11 is 1.58. The van der Waals surface area contributed by atoms with Gasteiger partial charge in [-0.25, -0.2) is 4.98 Å². The highest BCUT2D eigenvalue weighted by Gasteiger charge is 2.47. The Balaban J connectivity index is 1.80. The van der Waals surface area contributed by atoms with Crippen molar-refractivity contribution in [3.63, 3.8) is 0 Å². The van der Waals surface area contributed by atoms with Gasteiger partial charge in [-0.2, -0.15) is 0 Å². The lowest BCUT2D eigenvalue weighted by atomic mass is 9.79. The molecule has 108 valence electrons. The molecule has 0 atom stereocenters. The van der Waals surface area contributed by atoms with Crippen LogP contribution in [0.2, 0.25) is 0 Å².